The van der Waals surface area contributed by atoms with E-state index >= 15 is 0 Å². The summed E-state index contributed by atoms with van der Waals surface area (Å²) in [4.78, 5) is 0. The molecule has 0 heterocycles. The van der Waals surface area contributed by atoms with Gasteiger partial charge in [-0.1, -0.05) is 53.2 Å². The van der Waals surface area contributed by atoms with E-state index in [4.69, 9.17) is 0 Å². The van der Waals surface area contributed by atoms with Crippen LogP contribution in [0, 0.1) is 11.3 Å². The molecule has 0 heteroatoms. The molecule has 0 aromatic rings. The Kier molecular flexibility index (Phi) is 5.28. The van der Waals surface area contributed by atoms with Crippen molar-refractivity contribution in [2.45, 2.75) is 53.9 Å². The van der Waals surface area contributed by atoms with Gasteiger partial charge in [0.05, 0.1) is 0 Å². The first-order valence-electron chi connectivity index (χ1n) is 5.15. The standard InChI is InChI=1S/C12H24/c1-6-7-8-9-12(4,5)10-11(2)3/h8-9,11H,6-7,10H2,1-5H3. The van der Waals surface area contributed by atoms with Gasteiger partial charge in [-0.15, -0.1) is 0 Å². The summed E-state index contributed by atoms with van der Waals surface area (Å²) < 4.78 is 0. The lowest BCUT2D eigenvalue weighted by molar-refractivity contribution is 0.365. The summed E-state index contributed by atoms with van der Waals surface area (Å²) >= 11 is 0. The van der Waals surface area contributed by atoms with Gasteiger partial charge in [0, 0.05) is 0 Å². The molecule has 0 saturated carbocycles. The third-order valence-electron chi connectivity index (χ3n) is 1.96. The van der Waals surface area contributed by atoms with Gasteiger partial charge in [0.25, 0.3) is 0 Å². The first-order valence-corrected chi connectivity index (χ1v) is 5.15. The first-order chi connectivity index (χ1) is 5.48. The topological polar surface area (TPSA) is 0 Å². The lowest BCUT2D eigenvalue weighted by atomic mass is 9.83. The smallest absolute Gasteiger partial charge is 0.0172 e. The molecule has 0 radical (unpaired) electrons. The van der Waals surface area contributed by atoms with E-state index in [9.17, 15) is 0 Å². The molecule has 0 aromatic carbocycles. The molecule has 0 atom stereocenters. The van der Waals surface area contributed by atoms with Crippen LogP contribution >= 0.6 is 0 Å². The summed E-state index contributed by atoms with van der Waals surface area (Å²) in [5.74, 6) is 0.797. The van der Waals surface area contributed by atoms with Gasteiger partial charge in [-0.2, -0.15) is 0 Å². The molecule has 72 valence electrons. The second-order valence-corrected chi connectivity index (χ2v) is 4.78. The second kappa shape index (κ2) is 5.40. The Balaban J connectivity index is 3.85. The van der Waals surface area contributed by atoms with E-state index in [2.05, 4.69) is 46.8 Å². The van der Waals surface area contributed by atoms with Crippen LogP contribution in [0.2, 0.25) is 0 Å². The Morgan fingerprint density at radius 2 is 1.83 bits per heavy atom. The third-order valence-corrected chi connectivity index (χ3v) is 1.96. The van der Waals surface area contributed by atoms with Crippen molar-refractivity contribution in [2.75, 3.05) is 0 Å². The van der Waals surface area contributed by atoms with Gasteiger partial charge in [-0.25, -0.2) is 0 Å². The van der Waals surface area contributed by atoms with Gasteiger partial charge in [-0.05, 0) is 24.2 Å². The summed E-state index contributed by atoms with van der Waals surface area (Å²) in [7, 11) is 0. The minimum atomic E-state index is 0.392. The molecule has 12 heavy (non-hydrogen) atoms. The molecular weight excluding hydrogens is 144 g/mol. The zero-order valence-corrected chi connectivity index (χ0v) is 9.35. The van der Waals surface area contributed by atoms with Crippen LogP contribution < -0.4 is 0 Å². The zero-order valence-electron chi connectivity index (χ0n) is 9.35. The van der Waals surface area contributed by atoms with Gasteiger partial charge in [0.1, 0.15) is 0 Å². The molecule has 0 amide bonds. The van der Waals surface area contributed by atoms with Crippen molar-refractivity contribution in [2.24, 2.45) is 11.3 Å². The van der Waals surface area contributed by atoms with Gasteiger partial charge in [0.15, 0.2) is 0 Å². The van der Waals surface area contributed by atoms with Crippen molar-refractivity contribution < 1.29 is 0 Å². The minimum absolute atomic E-state index is 0.392. The Labute approximate surface area is 78.1 Å². The second-order valence-electron chi connectivity index (χ2n) is 4.78. The fourth-order valence-electron chi connectivity index (χ4n) is 1.69. The van der Waals surface area contributed by atoms with Crippen molar-refractivity contribution in [3.63, 3.8) is 0 Å². The van der Waals surface area contributed by atoms with Crippen LogP contribution in [0.5, 0.6) is 0 Å². The SMILES string of the molecule is CCCC=CC(C)(C)CC(C)C. The van der Waals surface area contributed by atoms with Crippen LogP contribution in [0.4, 0.5) is 0 Å². The highest BCUT2D eigenvalue weighted by molar-refractivity contribution is 4.94. The maximum atomic E-state index is 2.37. The van der Waals surface area contributed by atoms with Crippen LogP contribution in [0.3, 0.4) is 0 Å². The number of hydrogen-bond donors (Lipinski definition) is 0. The molecule has 0 aliphatic carbocycles. The first kappa shape index (κ1) is 11.7. The maximum Gasteiger partial charge on any atom is -0.0172 e. The molecule has 0 saturated heterocycles. The van der Waals surface area contributed by atoms with E-state index in [1.807, 2.05) is 0 Å². The molecule has 0 spiro atoms. The number of hydrogen-bond acceptors (Lipinski definition) is 0. The predicted molar refractivity (Wildman–Crippen MR) is 57.3 cm³/mol. The summed E-state index contributed by atoms with van der Waals surface area (Å²) in [6.07, 6.45) is 8.46. The summed E-state index contributed by atoms with van der Waals surface area (Å²) in [6.45, 7) is 11.4. The molecule has 0 bridgehead atoms. The predicted octanol–water partition coefficient (Wildman–Crippen LogP) is 4.42. The van der Waals surface area contributed by atoms with Crippen LogP contribution in [-0.4, -0.2) is 0 Å². The molecule has 0 aromatic heterocycles. The Morgan fingerprint density at radius 3 is 2.25 bits per heavy atom. The van der Waals surface area contributed by atoms with Crippen LogP contribution in [0.15, 0.2) is 12.2 Å². The van der Waals surface area contributed by atoms with Gasteiger partial charge < -0.3 is 0 Å². The van der Waals surface area contributed by atoms with E-state index in [0.717, 1.165) is 5.92 Å². The molecule has 0 rings (SSSR count). The molecule has 0 nitrogen and oxygen atoms in total. The van der Waals surface area contributed by atoms with Gasteiger partial charge in [-0.3, -0.25) is 0 Å². The van der Waals surface area contributed by atoms with Crippen LogP contribution in [0.1, 0.15) is 53.9 Å². The van der Waals surface area contributed by atoms with Crippen LogP contribution in [0.25, 0.3) is 0 Å². The van der Waals surface area contributed by atoms with E-state index < -0.39 is 0 Å². The molecule has 0 fully saturated rings. The molecule has 0 aliphatic heterocycles. The molecule has 0 N–H and O–H groups in total. The number of rotatable bonds is 5. The average Bonchev–Trinajstić information content (AvgIpc) is 1.84. The highest BCUT2D eigenvalue weighted by Gasteiger charge is 2.14. The quantitative estimate of drug-likeness (QED) is 0.533. The lowest BCUT2D eigenvalue weighted by Crippen LogP contribution is -2.10. The van der Waals surface area contributed by atoms with E-state index in [-0.39, 0.29) is 0 Å². The summed E-state index contributed by atoms with van der Waals surface area (Å²) in [6, 6.07) is 0. The zero-order chi connectivity index (χ0) is 9.61. The average molecular weight is 168 g/mol. The molecular formula is C12H24. The van der Waals surface area contributed by atoms with Crippen molar-refractivity contribution in [3.05, 3.63) is 12.2 Å². The Hall–Kier alpha value is -0.260. The number of allylic oxidation sites excluding steroid dienone is 2. The van der Waals surface area contributed by atoms with E-state index in [0.29, 0.717) is 5.41 Å². The van der Waals surface area contributed by atoms with Gasteiger partial charge >= 0.3 is 0 Å². The molecule has 0 aliphatic rings. The van der Waals surface area contributed by atoms with Crippen LogP contribution in [-0.2, 0) is 0 Å². The van der Waals surface area contributed by atoms with Gasteiger partial charge in [0.2, 0.25) is 0 Å². The summed E-state index contributed by atoms with van der Waals surface area (Å²) in [5.41, 5.74) is 0.392. The fourth-order valence-corrected chi connectivity index (χ4v) is 1.69. The Morgan fingerprint density at radius 1 is 1.25 bits per heavy atom. The normalized spacial score (nSPS) is 13.2. The monoisotopic (exact) mass is 168 g/mol. The fraction of sp³-hybridized carbons (Fsp3) is 0.833. The highest BCUT2D eigenvalue weighted by atomic mass is 14.2. The minimum Gasteiger partial charge on any atom is -0.0880 e. The number of unbranched alkanes of at least 4 members (excludes halogenated alkanes) is 1. The van der Waals surface area contributed by atoms with Crippen molar-refractivity contribution in [3.8, 4) is 0 Å². The lowest BCUT2D eigenvalue weighted by Gasteiger charge is -2.22. The van der Waals surface area contributed by atoms with E-state index in [1.54, 1.807) is 0 Å². The summed E-state index contributed by atoms with van der Waals surface area (Å²) in [5, 5.41) is 0. The molecule has 0 unspecified atom stereocenters. The Bertz CT molecular complexity index is 129. The van der Waals surface area contributed by atoms with E-state index in [1.165, 1.54) is 19.3 Å². The van der Waals surface area contributed by atoms with Crippen molar-refractivity contribution in [1.29, 1.82) is 0 Å². The van der Waals surface area contributed by atoms with Crippen molar-refractivity contribution in [1.82, 2.24) is 0 Å². The third kappa shape index (κ3) is 6.45. The van der Waals surface area contributed by atoms with Crippen molar-refractivity contribution >= 4 is 0 Å². The largest absolute Gasteiger partial charge is 0.0880 e. The highest BCUT2D eigenvalue weighted by Crippen LogP contribution is 2.26. The maximum absolute atomic E-state index is 2.37.